The molecule has 94 valence electrons. The van der Waals surface area contributed by atoms with E-state index < -0.39 is 29.0 Å². The van der Waals surface area contributed by atoms with E-state index in [4.69, 9.17) is 0 Å². The summed E-state index contributed by atoms with van der Waals surface area (Å²) >= 11 is 2.75. The maximum absolute atomic E-state index is 12.5. The van der Waals surface area contributed by atoms with Gasteiger partial charge in [-0.3, -0.25) is 0 Å². The van der Waals surface area contributed by atoms with Crippen molar-refractivity contribution in [3.63, 3.8) is 0 Å². The van der Waals surface area contributed by atoms with Crippen LogP contribution in [0, 0.1) is 0 Å². The standard InChI is InChI=1S/C10H8BrF3O3/c1-2-17-9(16)6-3-5(10(12,13)14)4-7(11)8(6)15/h3-4,15H,2H2,1H3. The molecule has 0 radical (unpaired) electrons. The summed E-state index contributed by atoms with van der Waals surface area (Å²) in [5, 5.41) is 9.47. The van der Waals surface area contributed by atoms with Gasteiger partial charge in [0.15, 0.2) is 0 Å². The molecule has 0 saturated carbocycles. The van der Waals surface area contributed by atoms with Gasteiger partial charge in [0.2, 0.25) is 0 Å². The third kappa shape index (κ3) is 3.12. The summed E-state index contributed by atoms with van der Waals surface area (Å²) in [6.45, 7) is 1.52. The minimum atomic E-state index is -4.60. The lowest BCUT2D eigenvalue weighted by Gasteiger charge is -2.11. The molecule has 0 amide bonds. The Morgan fingerprint density at radius 2 is 2.06 bits per heavy atom. The summed E-state index contributed by atoms with van der Waals surface area (Å²) in [7, 11) is 0. The Kier molecular flexibility index (Phi) is 4.03. The lowest BCUT2D eigenvalue weighted by molar-refractivity contribution is -0.137. The zero-order chi connectivity index (χ0) is 13.2. The van der Waals surface area contributed by atoms with E-state index in [-0.39, 0.29) is 11.1 Å². The first-order chi connectivity index (χ1) is 7.77. The summed E-state index contributed by atoms with van der Waals surface area (Å²) in [4.78, 5) is 11.3. The Balaban J connectivity index is 3.30. The van der Waals surface area contributed by atoms with Gasteiger partial charge in [-0.2, -0.15) is 13.2 Å². The molecule has 1 aromatic rings. The second kappa shape index (κ2) is 4.95. The van der Waals surface area contributed by atoms with E-state index in [1.807, 2.05) is 0 Å². The molecule has 1 N–H and O–H groups in total. The molecule has 0 bridgehead atoms. The fraction of sp³-hybridized carbons (Fsp3) is 0.300. The minimum absolute atomic E-state index is 0.00609. The van der Waals surface area contributed by atoms with Gasteiger partial charge in [-0.05, 0) is 35.0 Å². The highest BCUT2D eigenvalue weighted by atomic mass is 79.9. The predicted octanol–water partition coefficient (Wildman–Crippen LogP) is 3.35. The first kappa shape index (κ1) is 13.8. The van der Waals surface area contributed by atoms with Crippen LogP contribution in [0.1, 0.15) is 22.8 Å². The van der Waals surface area contributed by atoms with Gasteiger partial charge < -0.3 is 9.84 Å². The Morgan fingerprint density at radius 3 is 2.53 bits per heavy atom. The van der Waals surface area contributed by atoms with Crippen molar-refractivity contribution in [1.82, 2.24) is 0 Å². The van der Waals surface area contributed by atoms with Crippen molar-refractivity contribution in [2.75, 3.05) is 6.61 Å². The van der Waals surface area contributed by atoms with Crippen LogP contribution in [0.3, 0.4) is 0 Å². The summed E-state index contributed by atoms with van der Waals surface area (Å²) in [6.07, 6.45) is -4.60. The highest BCUT2D eigenvalue weighted by Gasteiger charge is 2.33. The molecule has 1 aromatic carbocycles. The van der Waals surface area contributed by atoms with Crippen molar-refractivity contribution < 1.29 is 27.8 Å². The van der Waals surface area contributed by atoms with E-state index in [0.29, 0.717) is 12.1 Å². The number of carbonyl (C=O) groups is 1. The van der Waals surface area contributed by atoms with E-state index in [9.17, 15) is 23.1 Å². The fourth-order valence-corrected chi connectivity index (χ4v) is 1.59. The quantitative estimate of drug-likeness (QED) is 0.852. The van der Waals surface area contributed by atoms with Gasteiger partial charge in [-0.25, -0.2) is 4.79 Å². The van der Waals surface area contributed by atoms with Crippen LogP contribution in [0.4, 0.5) is 13.2 Å². The molecule has 0 aromatic heterocycles. The number of alkyl halides is 3. The van der Waals surface area contributed by atoms with E-state index in [0.717, 1.165) is 0 Å². The molecule has 0 fully saturated rings. The number of hydrogen-bond acceptors (Lipinski definition) is 3. The molecule has 17 heavy (non-hydrogen) atoms. The number of halogens is 4. The molecular formula is C10H8BrF3O3. The molecule has 3 nitrogen and oxygen atoms in total. The van der Waals surface area contributed by atoms with E-state index in [2.05, 4.69) is 20.7 Å². The van der Waals surface area contributed by atoms with Crippen LogP contribution < -0.4 is 0 Å². The second-order valence-corrected chi connectivity index (χ2v) is 3.93. The molecule has 0 unspecified atom stereocenters. The van der Waals surface area contributed by atoms with Crippen molar-refractivity contribution in [3.05, 3.63) is 27.7 Å². The third-order valence-electron chi connectivity index (χ3n) is 1.89. The topological polar surface area (TPSA) is 46.5 Å². The van der Waals surface area contributed by atoms with Gasteiger partial charge in [-0.15, -0.1) is 0 Å². The number of rotatable bonds is 2. The van der Waals surface area contributed by atoms with Crippen molar-refractivity contribution in [2.24, 2.45) is 0 Å². The Bertz CT molecular complexity index is 443. The summed E-state index contributed by atoms with van der Waals surface area (Å²) in [6, 6.07) is 1.25. The third-order valence-corrected chi connectivity index (χ3v) is 2.49. The number of phenols is 1. The number of carbonyl (C=O) groups excluding carboxylic acids is 1. The van der Waals surface area contributed by atoms with E-state index in [1.54, 1.807) is 0 Å². The molecule has 0 aliphatic rings. The molecule has 0 atom stereocenters. The first-order valence-electron chi connectivity index (χ1n) is 4.54. The average molecular weight is 313 g/mol. The highest BCUT2D eigenvalue weighted by molar-refractivity contribution is 9.10. The maximum atomic E-state index is 12.5. The van der Waals surface area contributed by atoms with Crippen molar-refractivity contribution in [2.45, 2.75) is 13.1 Å². The monoisotopic (exact) mass is 312 g/mol. The molecule has 0 spiro atoms. The van der Waals surface area contributed by atoms with Gasteiger partial charge in [-0.1, -0.05) is 0 Å². The molecule has 1 rings (SSSR count). The van der Waals surface area contributed by atoms with Gasteiger partial charge in [0.25, 0.3) is 0 Å². The Morgan fingerprint density at radius 1 is 1.47 bits per heavy atom. The van der Waals surface area contributed by atoms with Crippen LogP contribution in [-0.2, 0) is 10.9 Å². The largest absolute Gasteiger partial charge is 0.506 e. The molecule has 0 aliphatic heterocycles. The summed E-state index contributed by atoms with van der Waals surface area (Å²) < 4.78 is 41.8. The summed E-state index contributed by atoms with van der Waals surface area (Å²) in [5.74, 6) is -1.58. The van der Waals surface area contributed by atoms with E-state index in [1.165, 1.54) is 6.92 Å². The Hall–Kier alpha value is -1.24. The normalized spacial score (nSPS) is 11.4. The molecular weight excluding hydrogens is 305 g/mol. The summed E-state index contributed by atoms with van der Waals surface area (Å²) in [5.41, 5.74) is -1.56. The number of benzene rings is 1. The van der Waals surface area contributed by atoms with Crippen LogP contribution in [-0.4, -0.2) is 17.7 Å². The lowest BCUT2D eigenvalue weighted by atomic mass is 10.1. The number of phenolic OH excluding ortho intramolecular Hbond substituents is 1. The maximum Gasteiger partial charge on any atom is 0.416 e. The first-order valence-corrected chi connectivity index (χ1v) is 5.33. The van der Waals surface area contributed by atoms with Gasteiger partial charge in [0.1, 0.15) is 11.3 Å². The van der Waals surface area contributed by atoms with Crippen LogP contribution in [0.2, 0.25) is 0 Å². The molecule has 0 heterocycles. The molecule has 7 heteroatoms. The number of aromatic hydroxyl groups is 1. The lowest BCUT2D eigenvalue weighted by Crippen LogP contribution is -2.10. The van der Waals surface area contributed by atoms with Crippen molar-refractivity contribution in [3.8, 4) is 5.75 Å². The van der Waals surface area contributed by atoms with Crippen LogP contribution in [0.15, 0.2) is 16.6 Å². The molecule has 0 saturated heterocycles. The second-order valence-electron chi connectivity index (χ2n) is 3.07. The number of esters is 1. The van der Waals surface area contributed by atoms with Crippen molar-refractivity contribution in [1.29, 1.82) is 0 Å². The smallest absolute Gasteiger partial charge is 0.416 e. The zero-order valence-electron chi connectivity index (χ0n) is 8.64. The Labute approximate surface area is 103 Å². The van der Waals surface area contributed by atoms with E-state index >= 15 is 0 Å². The highest BCUT2D eigenvalue weighted by Crippen LogP contribution is 2.37. The van der Waals surface area contributed by atoms with Crippen LogP contribution in [0.5, 0.6) is 5.75 Å². The van der Waals surface area contributed by atoms with Gasteiger partial charge in [0.05, 0.1) is 16.6 Å². The van der Waals surface area contributed by atoms with Gasteiger partial charge >= 0.3 is 12.1 Å². The zero-order valence-corrected chi connectivity index (χ0v) is 10.2. The fourth-order valence-electron chi connectivity index (χ4n) is 1.13. The number of ether oxygens (including phenoxy) is 1. The van der Waals surface area contributed by atoms with Crippen LogP contribution >= 0.6 is 15.9 Å². The van der Waals surface area contributed by atoms with Gasteiger partial charge in [0, 0.05) is 0 Å². The number of hydrogen-bond donors (Lipinski definition) is 1. The van der Waals surface area contributed by atoms with Crippen molar-refractivity contribution >= 4 is 21.9 Å². The SMILES string of the molecule is CCOC(=O)c1cc(C(F)(F)F)cc(Br)c1O. The molecule has 0 aliphatic carbocycles. The average Bonchev–Trinajstić information content (AvgIpc) is 2.20. The predicted molar refractivity (Wildman–Crippen MR) is 56.8 cm³/mol. The minimum Gasteiger partial charge on any atom is -0.506 e. The van der Waals surface area contributed by atoms with Crippen LogP contribution in [0.25, 0.3) is 0 Å².